The van der Waals surface area contributed by atoms with Crippen molar-refractivity contribution in [1.29, 1.82) is 0 Å². The van der Waals surface area contributed by atoms with Crippen LogP contribution < -0.4 is 0 Å². The summed E-state index contributed by atoms with van der Waals surface area (Å²) in [5.41, 5.74) is 5.45. The van der Waals surface area contributed by atoms with E-state index in [1.807, 2.05) is 6.07 Å². The molecule has 0 bridgehead atoms. The van der Waals surface area contributed by atoms with E-state index in [0.29, 0.717) is 12.6 Å². The van der Waals surface area contributed by atoms with Gasteiger partial charge < -0.3 is 9.64 Å². The topological polar surface area (TPSA) is 33.9 Å². The summed E-state index contributed by atoms with van der Waals surface area (Å²) in [6, 6.07) is 9.65. The van der Waals surface area contributed by atoms with Crippen molar-refractivity contribution in [2.24, 2.45) is 0 Å². The van der Waals surface area contributed by atoms with Crippen LogP contribution in [0.2, 0.25) is 0 Å². The molecule has 0 aliphatic carbocycles. The molecule has 2 aliphatic rings. The number of esters is 1. The number of nitrogens with zero attached hydrogens (tertiary/aromatic N) is 2. The van der Waals surface area contributed by atoms with Gasteiger partial charge in [-0.1, -0.05) is 10.9 Å². The second-order valence-electron chi connectivity index (χ2n) is 7.03. The highest BCUT2D eigenvalue weighted by Gasteiger charge is 2.26. The molecule has 2 aromatic rings. The average Bonchev–Trinajstić information content (AvgIpc) is 3.31. The smallest absolute Gasteiger partial charge is 0.338 e. The number of carbonyl (C=O) groups is 1. The second-order valence-corrected chi connectivity index (χ2v) is 7.81. The molecule has 0 N–H and O–H groups in total. The van der Waals surface area contributed by atoms with E-state index >= 15 is 0 Å². The first-order chi connectivity index (χ1) is 12.7. The summed E-state index contributed by atoms with van der Waals surface area (Å²) in [7, 11) is 0. The highest BCUT2D eigenvalue weighted by molar-refractivity contribution is 7.08. The van der Waals surface area contributed by atoms with Gasteiger partial charge in [0.15, 0.2) is 0 Å². The molecule has 0 amide bonds. The first-order valence-electron chi connectivity index (χ1n) is 9.19. The minimum Gasteiger partial charge on any atom is -0.457 e. The molecular weight excluding hydrogens is 344 g/mol. The summed E-state index contributed by atoms with van der Waals surface area (Å²) in [4.78, 5) is 18.8. The standard InChI is InChI=1S/C21H23N2O2S/c1-15-17(2-3-19-20(15)13-25-21(19)24)4-8-23-9-5-18(6-10-23)22-12-16-7-11-26-14-16/h2-3,7,11,14,18H,4-6,8-10,13H2,1H3/q+1. The highest BCUT2D eigenvalue weighted by atomic mass is 32.1. The Labute approximate surface area is 158 Å². The van der Waals surface area contributed by atoms with Gasteiger partial charge in [0.2, 0.25) is 0 Å². The van der Waals surface area contributed by atoms with Crippen molar-refractivity contribution in [3.8, 4) is 6.07 Å². The van der Waals surface area contributed by atoms with Crippen molar-refractivity contribution >= 4 is 17.3 Å². The Bertz CT molecular complexity index is 856. The number of likely N-dealkylation sites (tertiary alicyclic amines) is 1. The summed E-state index contributed by atoms with van der Waals surface area (Å²) in [6.07, 6.45) is 3.22. The van der Waals surface area contributed by atoms with Gasteiger partial charge in [0.25, 0.3) is 6.04 Å². The van der Waals surface area contributed by atoms with E-state index in [1.54, 1.807) is 11.3 Å². The second kappa shape index (κ2) is 7.61. The van der Waals surface area contributed by atoms with E-state index in [4.69, 9.17) is 4.74 Å². The zero-order valence-corrected chi connectivity index (χ0v) is 15.8. The first-order valence-corrected chi connectivity index (χ1v) is 10.1. The van der Waals surface area contributed by atoms with Gasteiger partial charge in [0.1, 0.15) is 12.2 Å². The fraction of sp³-hybridized carbons (Fsp3) is 0.429. The molecule has 0 radical (unpaired) electrons. The van der Waals surface area contributed by atoms with Crippen LogP contribution in [-0.2, 0) is 17.8 Å². The molecule has 4 nitrogen and oxygen atoms in total. The number of rotatable bonds is 3. The van der Waals surface area contributed by atoms with Crippen LogP contribution in [0.4, 0.5) is 0 Å². The summed E-state index contributed by atoms with van der Waals surface area (Å²) in [5, 5.41) is 4.14. The Balaban J connectivity index is 1.30. The monoisotopic (exact) mass is 367 g/mol. The maximum absolute atomic E-state index is 11.6. The molecule has 1 aromatic carbocycles. The van der Waals surface area contributed by atoms with Crippen LogP contribution in [0.15, 0.2) is 29.0 Å². The molecule has 2 aliphatic heterocycles. The van der Waals surface area contributed by atoms with E-state index in [-0.39, 0.29) is 5.97 Å². The van der Waals surface area contributed by atoms with Crippen LogP contribution in [0.5, 0.6) is 0 Å². The molecule has 0 unspecified atom stereocenters. The molecule has 0 saturated carbocycles. The highest BCUT2D eigenvalue weighted by Crippen LogP contribution is 2.26. The first kappa shape index (κ1) is 17.3. The molecule has 26 heavy (non-hydrogen) atoms. The van der Waals surface area contributed by atoms with Crippen molar-refractivity contribution in [3.63, 3.8) is 0 Å². The SMILES string of the molecule is Cc1c(CCN2CCC([N+]#Cc3ccsc3)CC2)ccc2c1COC2=O. The number of thiophene rings is 1. The van der Waals surface area contributed by atoms with Crippen LogP contribution >= 0.6 is 11.3 Å². The number of piperidine rings is 1. The van der Waals surface area contributed by atoms with Crippen LogP contribution in [-0.4, -0.2) is 36.5 Å². The Morgan fingerprint density at radius 2 is 2.15 bits per heavy atom. The quantitative estimate of drug-likeness (QED) is 0.766. The average molecular weight is 367 g/mol. The summed E-state index contributed by atoms with van der Waals surface area (Å²) in [5.74, 6) is -0.184. The van der Waals surface area contributed by atoms with Gasteiger partial charge in [0.05, 0.1) is 5.56 Å². The van der Waals surface area contributed by atoms with E-state index in [1.165, 1.54) is 11.1 Å². The number of hydrogen-bond donors (Lipinski definition) is 0. The molecule has 1 saturated heterocycles. The van der Waals surface area contributed by atoms with Crippen LogP contribution in [0.1, 0.15) is 45.5 Å². The van der Waals surface area contributed by atoms with E-state index < -0.39 is 0 Å². The lowest BCUT2D eigenvalue weighted by molar-refractivity contribution is 0.0535. The molecule has 3 heterocycles. The zero-order chi connectivity index (χ0) is 17.9. The summed E-state index contributed by atoms with van der Waals surface area (Å²) >= 11 is 1.68. The predicted molar refractivity (Wildman–Crippen MR) is 104 cm³/mol. The fourth-order valence-electron chi connectivity index (χ4n) is 3.71. The molecule has 0 spiro atoms. The van der Waals surface area contributed by atoms with Gasteiger partial charge in [0, 0.05) is 43.4 Å². The van der Waals surface area contributed by atoms with E-state index in [9.17, 15) is 4.79 Å². The molecule has 1 fully saturated rings. The van der Waals surface area contributed by atoms with Gasteiger partial charge >= 0.3 is 12.0 Å². The van der Waals surface area contributed by atoms with Crippen LogP contribution in [0.25, 0.3) is 4.85 Å². The molecule has 1 aromatic heterocycles. The number of cyclic esters (lactones) is 1. The number of hydrogen-bond acceptors (Lipinski definition) is 4. The van der Waals surface area contributed by atoms with Crippen molar-refractivity contribution in [2.75, 3.05) is 19.6 Å². The van der Waals surface area contributed by atoms with Crippen molar-refractivity contribution in [1.82, 2.24) is 4.90 Å². The summed E-state index contributed by atoms with van der Waals surface area (Å²) in [6.45, 7) is 5.77. The maximum Gasteiger partial charge on any atom is 0.338 e. The number of fused-ring (bicyclic) bond motifs is 1. The van der Waals surface area contributed by atoms with Crippen LogP contribution in [0.3, 0.4) is 0 Å². The third-order valence-electron chi connectivity index (χ3n) is 5.43. The lowest BCUT2D eigenvalue weighted by Gasteiger charge is -2.26. The number of carbonyl (C=O) groups excluding carboxylic acids is 1. The van der Waals surface area contributed by atoms with E-state index in [0.717, 1.165) is 55.6 Å². The van der Waals surface area contributed by atoms with Gasteiger partial charge in [-0.15, -0.1) is 0 Å². The van der Waals surface area contributed by atoms with E-state index in [2.05, 4.69) is 45.6 Å². The molecule has 4 rings (SSSR count). The lowest BCUT2D eigenvalue weighted by Crippen LogP contribution is -2.36. The van der Waals surface area contributed by atoms with Gasteiger partial charge in [-0.25, -0.2) is 4.79 Å². The van der Waals surface area contributed by atoms with Crippen LogP contribution in [0, 0.1) is 13.0 Å². The fourth-order valence-corrected chi connectivity index (χ4v) is 4.30. The largest absolute Gasteiger partial charge is 0.457 e. The normalized spacial score (nSPS) is 17.5. The molecule has 5 heteroatoms. The molecule has 0 atom stereocenters. The third kappa shape index (κ3) is 3.67. The Morgan fingerprint density at radius 3 is 2.92 bits per heavy atom. The van der Waals surface area contributed by atoms with Gasteiger partial charge in [-0.05, 0) is 42.0 Å². The van der Waals surface area contributed by atoms with Crippen molar-refractivity contribution < 1.29 is 9.53 Å². The number of ether oxygens (including phenoxy) is 1. The minimum absolute atomic E-state index is 0.184. The lowest BCUT2D eigenvalue weighted by atomic mass is 9.96. The van der Waals surface area contributed by atoms with Gasteiger partial charge in [-0.3, -0.25) is 0 Å². The summed E-state index contributed by atoms with van der Waals surface area (Å²) < 4.78 is 5.15. The minimum atomic E-state index is -0.184. The Hall–Kier alpha value is -2.16. The molecular formula is C21H23N2O2S+. The number of benzene rings is 1. The zero-order valence-electron chi connectivity index (χ0n) is 15.0. The molecule has 134 valence electrons. The van der Waals surface area contributed by atoms with Crippen molar-refractivity contribution in [3.05, 3.63) is 61.6 Å². The van der Waals surface area contributed by atoms with Crippen molar-refractivity contribution in [2.45, 2.75) is 38.8 Å². The van der Waals surface area contributed by atoms with Gasteiger partial charge in [-0.2, -0.15) is 11.3 Å². The third-order valence-corrected chi connectivity index (χ3v) is 6.11. The maximum atomic E-state index is 11.6. The Morgan fingerprint density at radius 1 is 1.31 bits per heavy atom. The predicted octanol–water partition coefficient (Wildman–Crippen LogP) is 4.12. The Kier molecular flexibility index (Phi) is 5.05.